The molecular formula is C15H19Cl2F3N6OS. The minimum atomic E-state index is -4.42. The summed E-state index contributed by atoms with van der Waals surface area (Å²) in [5.41, 5.74) is 0. The Morgan fingerprint density at radius 3 is 2.46 bits per heavy atom. The third-order valence-corrected chi connectivity index (χ3v) is 4.90. The van der Waals surface area contributed by atoms with E-state index in [1.807, 2.05) is 0 Å². The lowest BCUT2D eigenvalue weighted by atomic mass is 10.2. The largest absolute Gasteiger partial charge is 0.405 e. The second kappa shape index (κ2) is 10.9. The highest BCUT2D eigenvalue weighted by molar-refractivity contribution is 7.16. The van der Waals surface area contributed by atoms with Gasteiger partial charge in [0.25, 0.3) is 5.91 Å². The zero-order chi connectivity index (χ0) is 18.6. The molecule has 3 heterocycles. The van der Waals surface area contributed by atoms with Gasteiger partial charge in [-0.1, -0.05) is 0 Å². The fraction of sp³-hybridized carbons (Fsp3) is 0.467. The maximum Gasteiger partial charge on any atom is 0.405 e. The standard InChI is InChI=1S/C15H17F3N6OS.2ClH/c16-15(17,18)11(24-6-4-19-5-7-24)9-22-13(25)10-8-23-14(26-10)12-20-2-1-3-21-12;;/h1-3,8,11,19H,4-7,9H2,(H,22,25);2*1H. The first-order chi connectivity index (χ1) is 12.4. The van der Waals surface area contributed by atoms with Crippen LogP contribution < -0.4 is 10.6 Å². The van der Waals surface area contributed by atoms with Crippen molar-refractivity contribution in [2.75, 3.05) is 32.7 Å². The number of aromatic nitrogens is 3. The van der Waals surface area contributed by atoms with E-state index in [-0.39, 0.29) is 42.8 Å². The molecule has 2 N–H and O–H groups in total. The number of hydrogen-bond acceptors (Lipinski definition) is 7. The number of halogens is 5. The predicted molar refractivity (Wildman–Crippen MR) is 104 cm³/mol. The molecule has 28 heavy (non-hydrogen) atoms. The van der Waals surface area contributed by atoms with E-state index in [0.717, 1.165) is 11.3 Å². The van der Waals surface area contributed by atoms with E-state index in [0.29, 0.717) is 23.9 Å². The van der Waals surface area contributed by atoms with Crippen molar-refractivity contribution in [1.29, 1.82) is 0 Å². The van der Waals surface area contributed by atoms with Gasteiger partial charge in [0.2, 0.25) is 0 Å². The van der Waals surface area contributed by atoms with Crippen LogP contribution in [0.15, 0.2) is 24.7 Å². The lowest BCUT2D eigenvalue weighted by molar-refractivity contribution is -0.183. The molecule has 0 radical (unpaired) electrons. The molecular weight excluding hydrogens is 440 g/mol. The van der Waals surface area contributed by atoms with Crippen molar-refractivity contribution in [3.8, 4) is 10.8 Å². The number of nitrogens with zero attached hydrogens (tertiary/aromatic N) is 4. The van der Waals surface area contributed by atoms with Crippen LogP contribution in [-0.2, 0) is 0 Å². The van der Waals surface area contributed by atoms with Gasteiger partial charge in [0.15, 0.2) is 10.8 Å². The van der Waals surface area contributed by atoms with Crippen LogP contribution in [-0.4, -0.2) is 70.7 Å². The summed E-state index contributed by atoms with van der Waals surface area (Å²) in [5.74, 6) is -0.223. The Labute approximate surface area is 176 Å². The summed E-state index contributed by atoms with van der Waals surface area (Å²) in [6.07, 6.45) is -0.00374. The SMILES string of the molecule is Cl.Cl.O=C(NCC(N1CCNCC1)C(F)(F)F)c1cnc(-c2ncccn2)s1. The third kappa shape index (κ3) is 6.24. The number of thiazole rings is 1. The summed E-state index contributed by atoms with van der Waals surface area (Å²) in [4.78, 5) is 25.9. The monoisotopic (exact) mass is 458 g/mol. The molecule has 1 fully saturated rings. The summed E-state index contributed by atoms with van der Waals surface area (Å²) in [6.45, 7) is 1.06. The lowest BCUT2D eigenvalue weighted by Crippen LogP contribution is -2.57. The minimum Gasteiger partial charge on any atom is -0.349 e. The van der Waals surface area contributed by atoms with Gasteiger partial charge in [-0.05, 0) is 6.07 Å². The van der Waals surface area contributed by atoms with Gasteiger partial charge in [-0.2, -0.15) is 13.2 Å². The Morgan fingerprint density at radius 2 is 1.86 bits per heavy atom. The third-order valence-electron chi connectivity index (χ3n) is 3.91. The van der Waals surface area contributed by atoms with Crippen LogP contribution in [0.25, 0.3) is 10.8 Å². The van der Waals surface area contributed by atoms with Crippen LogP contribution in [0.5, 0.6) is 0 Å². The number of piperazine rings is 1. The van der Waals surface area contributed by atoms with Crippen LogP contribution >= 0.6 is 36.2 Å². The Kier molecular flexibility index (Phi) is 9.51. The fourth-order valence-electron chi connectivity index (χ4n) is 2.61. The number of hydrogen-bond donors (Lipinski definition) is 2. The first-order valence-electron chi connectivity index (χ1n) is 7.98. The van der Waals surface area contributed by atoms with Crippen molar-refractivity contribution in [2.45, 2.75) is 12.2 Å². The number of carbonyl (C=O) groups excluding carboxylic acids is 1. The van der Waals surface area contributed by atoms with Crippen molar-refractivity contribution in [3.05, 3.63) is 29.5 Å². The number of carbonyl (C=O) groups is 1. The first kappa shape index (κ1) is 24.5. The Hall–Kier alpha value is -1.53. The number of nitrogens with one attached hydrogen (secondary N) is 2. The maximum atomic E-state index is 13.3. The molecule has 1 atom stereocenters. The van der Waals surface area contributed by atoms with Crippen LogP contribution in [0.2, 0.25) is 0 Å². The van der Waals surface area contributed by atoms with Gasteiger partial charge in [0.1, 0.15) is 10.9 Å². The molecule has 156 valence electrons. The number of alkyl halides is 3. The minimum absolute atomic E-state index is 0. The predicted octanol–water partition coefficient (Wildman–Crippen LogP) is 2.01. The molecule has 0 aliphatic carbocycles. The van der Waals surface area contributed by atoms with Gasteiger partial charge < -0.3 is 10.6 Å². The van der Waals surface area contributed by atoms with Gasteiger partial charge in [-0.3, -0.25) is 9.69 Å². The highest BCUT2D eigenvalue weighted by Gasteiger charge is 2.43. The molecule has 13 heteroatoms. The molecule has 1 saturated heterocycles. The van der Waals surface area contributed by atoms with Gasteiger partial charge in [0, 0.05) is 45.1 Å². The van der Waals surface area contributed by atoms with Crippen molar-refractivity contribution in [2.24, 2.45) is 0 Å². The van der Waals surface area contributed by atoms with Crippen LogP contribution in [0.3, 0.4) is 0 Å². The molecule has 2 aromatic rings. The van der Waals surface area contributed by atoms with Crippen molar-refractivity contribution in [3.63, 3.8) is 0 Å². The summed E-state index contributed by atoms with van der Waals surface area (Å²) < 4.78 is 40.0. The van der Waals surface area contributed by atoms with Gasteiger partial charge in [0.05, 0.1) is 6.20 Å². The summed E-state index contributed by atoms with van der Waals surface area (Å²) in [6, 6.07) is -0.0589. The molecule has 1 unspecified atom stereocenters. The molecule has 0 spiro atoms. The van der Waals surface area contributed by atoms with Gasteiger partial charge in [-0.15, -0.1) is 36.2 Å². The van der Waals surface area contributed by atoms with Gasteiger partial charge in [-0.25, -0.2) is 15.0 Å². The van der Waals surface area contributed by atoms with Crippen molar-refractivity contribution in [1.82, 2.24) is 30.5 Å². The number of rotatable bonds is 5. The van der Waals surface area contributed by atoms with E-state index >= 15 is 0 Å². The molecule has 2 aromatic heterocycles. The van der Waals surface area contributed by atoms with E-state index in [2.05, 4.69) is 25.6 Å². The van der Waals surface area contributed by atoms with E-state index < -0.39 is 24.7 Å². The molecule has 1 aliphatic heterocycles. The zero-order valence-electron chi connectivity index (χ0n) is 14.5. The second-order valence-corrected chi connectivity index (χ2v) is 6.69. The summed E-state index contributed by atoms with van der Waals surface area (Å²) in [5, 5.41) is 5.83. The zero-order valence-corrected chi connectivity index (χ0v) is 16.9. The van der Waals surface area contributed by atoms with Gasteiger partial charge >= 0.3 is 6.18 Å². The Morgan fingerprint density at radius 1 is 1.21 bits per heavy atom. The molecule has 0 saturated carbocycles. The molecule has 3 rings (SSSR count). The summed E-state index contributed by atoms with van der Waals surface area (Å²) >= 11 is 1.04. The second-order valence-electron chi connectivity index (χ2n) is 5.66. The van der Waals surface area contributed by atoms with Crippen LogP contribution in [0.1, 0.15) is 9.67 Å². The van der Waals surface area contributed by atoms with E-state index in [9.17, 15) is 18.0 Å². The fourth-order valence-corrected chi connectivity index (χ4v) is 3.39. The molecule has 7 nitrogen and oxygen atoms in total. The first-order valence-corrected chi connectivity index (χ1v) is 8.79. The van der Waals surface area contributed by atoms with E-state index in [4.69, 9.17) is 0 Å². The normalized spacial score (nSPS) is 15.8. The lowest BCUT2D eigenvalue weighted by Gasteiger charge is -2.35. The van der Waals surface area contributed by atoms with E-state index in [1.54, 1.807) is 18.5 Å². The average molecular weight is 459 g/mol. The van der Waals surface area contributed by atoms with Crippen molar-refractivity contribution < 1.29 is 18.0 Å². The smallest absolute Gasteiger partial charge is 0.349 e. The van der Waals surface area contributed by atoms with E-state index in [1.165, 1.54) is 11.1 Å². The molecule has 1 aliphatic rings. The highest BCUT2D eigenvalue weighted by atomic mass is 35.5. The summed E-state index contributed by atoms with van der Waals surface area (Å²) in [7, 11) is 0. The molecule has 0 aromatic carbocycles. The van der Waals surface area contributed by atoms with Crippen LogP contribution in [0.4, 0.5) is 13.2 Å². The Bertz CT molecular complexity index is 743. The quantitative estimate of drug-likeness (QED) is 0.712. The van der Waals surface area contributed by atoms with Crippen LogP contribution in [0, 0.1) is 0 Å². The van der Waals surface area contributed by atoms with Crippen molar-refractivity contribution >= 4 is 42.1 Å². The Balaban J connectivity index is 0.00000196. The molecule has 1 amide bonds. The maximum absolute atomic E-state index is 13.3. The average Bonchev–Trinajstić information content (AvgIpc) is 3.12. The highest BCUT2D eigenvalue weighted by Crippen LogP contribution is 2.25. The number of amides is 1. The topological polar surface area (TPSA) is 83.0 Å². The molecule has 0 bridgehead atoms.